The number of rotatable bonds is 6. The summed E-state index contributed by atoms with van der Waals surface area (Å²) in [5.74, 6) is -7.77. The summed E-state index contributed by atoms with van der Waals surface area (Å²) >= 11 is 0. The molecule has 0 radical (unpaired) electrons. The third kappa shape index (κ3) is 3.73. The summed E-state index contributed by atoms with van der Waals surface area (Å²) in [5, 5.41) is 47.2. The number of primary amides is 1. The van der Waals surface area contributed by atoms with Gasteiger partial charge in [0.05, 0.1) is 11.7 Å². The van der Waals surface area contributed by atoms with Crippen LogP contribution >= 0.6 is 0 Å². The van der Waals surface area contributed by atoms with Gasteiger partial charge in [0, 0.05) is 30.1 Å². The second-order valence-corrected chi connectivity index (χ2v) is 10.3. The molecule has 196 valence electrons. The van der Waals surface area contributed by atoms with Crippen molar-refractivity contribution in [3.63, 3.8) is 0 Å². The van der Waals surface area contributed by atoms with Crippen LogP contribution in [0.4, 0.5) is 4.39 Å². The number of fused-ring (bicyclic) bond motifs is 3. The average molecular weight is 506 g/mol. The molecule has 4 rings (SSSR count). The Morgan fingerprint density at radius 1 is 1.31 bits per heavy atom. The maximum Gasteiger partial charge on any atom is 0.230 e. The van der Waals surface area contributed by atoms with Gasteiger partial charge in [-0.05, 0) is 57.0 Å². The lowest BCUT2D eigenvalue weighted by molar-refractivity contribution is -0.184. The number of nitrogens with one attached hydrogen (secondary N) is 1. The third-order valence-corrected chi connectivity index (χ3v) is 7.94. The fraction of sp³-hybridized carbons (Fsp3) is 0.560. The first-order chi connectivity index (χ1) is 16.9. The number of aliphatic hydroxyl groups excluding tert-OH is 2. The molecule has 7 atom stereocenters. The third-order valence-electron chi connectivity index (χ3n) is 7.94. The molecule has 0 saturated heterocycles. The Balaban J connectivity index is 1.85. The van der Waals surface area contributed by atoms with Gasteiger partial charge in [-0.2, -0.15) is 0 Å². The van der Waals surface area contributed by atoms with Crippen molar-refractivity contribution in [1.29, 1.82) is 0 Å². The van der Waals surface area contributed by atoms with Crippen molar-refractivity contribution in [2.75, 3.05) is 20.8 Å². The Labute approximate surface area is 207 Å². The monoisotopic (exact) mass is 505 g/mol. The predicted octanol–water partition coefficient (Wildman–Crippen LogP) is -0.423. The van der Waals surface area contributed by atoms with Crippen molar-refractivity contribution in [3.05, 3.63) is 34.4 Å². The number of benzene rings is 1. The Kier molecular flexibility index (Phi) is 6.71. The van der Waals surface area contributed by atoms with Crippen molar-refractivity contribution in [2.45, 2.75) is 50.1 Å². The highest BCUT2D eigenvalue weighted by molar-refractivity contribution is 6.25. The molecule has 3 aliphatic carbocycles. The number of carbonyl (C=O) groups excluding carboxylic acids is 3. The molecule has 3 aliphatic rings. The summed E-state index contributed by atoms with van der Waals surface area (Å²) in [5.41, 5.74) is 3.76. The highest BCUT2D eigenvalue weighted by Crippen LogP contribution is 2.52. The second-order valence-electron chi connectivity index (χ2n) is 10.3. The van der Waals surface area contributed by atoms with Crippen LogP contribution in [-0.2, 0) is 27.3 Å². The molecule has 0 heterocycles. The van der Waals surface area contributed by atoms with Crippen LogP contribution in [0.1, 0.15) is 30.0 Å². The van der Waals surface area contributed by atoms with Crippen molar-refractivity contribution in [1.82, 2.24) is 10.2 Å². The molecule has 11 heteroatoms. The first kappa shape index (κ1) is 26.2. The van der Waals surface area contributed by atoms with Crippen LogP contribution in [0.15, 0.2) is 17.7 Å². The largest absolute Gasteiger partial charge is 0.507 e. The van der Waals surface area contributed by atoms with E-state index in [-0.39, 0.29) is 36.3 Å². The first-order valence-corrected chi connectivity index (χ1v) is 11.9. The normalized spacial score (nSPS) is 32.7. The summed E-state index contributed by atoms with van der Waals surface area (Å²) < 4.78 is 13.0. The van der Waals surface area contributed by atoms with Crippen molar-refractivity contribution < 1.29 is 39.2 Å². The van der Waals surface area contributed by atoms with Crippen molar-refractivity contribution in [3.8, 4) is 5.75 Å². The number of alkyl halides is 1. The molecule has 2 saturated carbocycles. The van der Waals surface area contributed by atoms with Crippen LogP contribution in [0, 0.1) is 17.8 Å². The van der Waals surface area contributed by atoms with Gasteiger partial charge in [-0.15, -0.1) is 0 Å². The Hall–Kier alpha value is -2.86. The van der Waals surface area contributed by atoms with Crippen LogP contribution in [0.2, 0.25) is 0 Å². The number of hydrogen-bond donors (Lipinski definition) is 6. The molecular formula is C25H32FN3O7. The molecule has 0 spiro atoms. The van der Waals surface area contributed by atoms with Gasteiger partial charge in [0.2, 0.25) is 11.7 Å². The summed E-state index contributed by atoms with van der Waals surface area (Å²) in [6.45, 7) is 1.35. The number of aromatic hydroxyl groups is 1. The fourth-order valence-electron chi connectivity index (χ4n) is 6.17. The number of nitrogens with two attached hydrogens (primary N) is 1. The van der Waals surface area contributed by atoms with Gasteiger partial charge in [0.25, 0.3) is 0 Å². The smallest absolute Gasteiger partial charge is 0.230 e. The number of likely N-dealkylation sites (N-methyl/N-ethyl adjacent to an activating group) is 1. The number of ketones is 2. The van der Waals surface area contributed by atoms with Gasteiger partial charge in [-0.3, -0.25) is 14.4 Å². The molecule has 0 aliphatic heterocycles. The van der Waals surface area contributed by atoms with E-state index in [0.717, 1.165) is 0 Å². The molecule has 1 amide bonds. The lowest BCUT2D eigenvalue weighted by atomic mass is 9.54. The fourth-order valence-corrected chi connectivity index (χ4v) is 6.17. The minimum Gasteiger partial charge on any atom is -0.507 e. The first-order valence-electron chi connectivity index (χ1n) is 11.9. The topological polar surface area (TPSA) is 173 Å². The van der Waals surface area contributed by atoms with Gasteiger partial charge >= 0.3 is 0 Å². The molecule has 36 heavy (non-hydrogen) atoms. The summed E-state index contributed by atoms with van der Waals surface area (Å²) in [4.78, 5) is 40.7. The Morgan fingerprint density at radius 2 is 1.97 bits per heavy atom. The van der Waals surface area contributed by atoms with E-state index in [1.54, 1.807) is 32.0 Å². The molecule has 0 aromatic heterocycles. The number of carbonyl (C=O) groups is 3. The standard InChI is InChI=1S/C25H32FN3O7/c1-10(8-26)28-9-11-4-5-15(30)17-13(11)6-12-7-14-19(29(2)3)21(32)18(24(27)35)23(34)25(14,36)22(33)16(12)20(17)31/h4-5,10,12,14,18-19,21,28,30-32,36H,6-9H2,1-3H3,(H2,27,35)/t10?,12-,14-,18?,19?,21?,25-/m0/s1. The number of phenols is 1. The number of nitrogens with zero attached hydrogens (tertiary/aromatic N) is 1. The van der Waals surface area contributed by atoms with E-state index in [0.29, 0.717) is 11.1 Å². The molecule has 10 nitrogen and oxygen atoms in total. The van der Waals surface area contributed by atoms with Crippen LogP contribution in [0.25, 0.3) is 5.76 Å². The lowest BCUT2D eigenvalue weighted by Gasteiger charge is -2.53. The van der Waals surface area contributed by atoms with Crippen molar-refractivity contribution >= 4 is 23.2 Å². The molecule has 1 aromatic rings. The number of phenolic OH excluding ortho intramolecular Hbond substituents is 1. The summed E-state index contributed by atoms with van der Waals surface area (Å²) in [7, 11) is 3.19. The van der Waals surface area contributed by atoms with Crippen LogP contribution < -0.4 is 11.1 Å². The van der Waals surface area contributed by atoms with Gasteiger partial charge in [0.1, 0.15) is 24.1 Å². The zero-order chi connectivity index (χ0) is 26.7. The quantitative estimate of drug-likeness (QED) is 0.281. The summed E-state index contributed by atoms with van der Waals surface area (Å²) in [6, 6.07) is 1.64. The maximum absolute atomic E-state index is 13.8. The van der Waals surface area contributed by atoms with Gasteiger partial charge in [0.15, 0.2) is 11.4 Å². The number of Topliss-reactive ketones (excluding diaryl/α,β-unsaturated/α-hetero) is 2. The van der Waals surface area contributed by atoms with E-state index in [2.05, 4.69) is 5.32 Å². The number of amides is 1. The predicted molar refractivity (Wildman–Crippen MR) is 126 cm³/mol. The van der Waals surface area contributed by atoms with E-state index < -0.39 is 71.4 Å². The van der Waals surface area contributed by atoms with E-state index in [9.17, 15) is 39.2 Å². The number of aliphatic hydroxyl groups is 3. The van der Waals surface area contributed by atoms with Gasteiger partial charge in [-0.1, -0.05) is 6.07 Å². The number of halogens is 1. The van der Waals surface area contributed by atoms with E-state index in [1.807, 2.05) is 0 Å². The highest BCUT2D eigenvalue weighted by atomic mass is 19.1. The lowest BCUT2D eigenvalue weighted by Crippen LogP contribution is -2.73. The average Bonchev–Trinajstić information content (AvgIpc) is 2.80. The van der Waals surface area contributed by atoms with E-state index >= 15 is 0 Å². The Morgan fingerprint density at radius 3 is 2.56 bits per heavy atom. The van der Waals surface area contributed by atoms with Crippen LogP contribution in [0.5, 0.6) is 5.75 Å². The Bertz CT molecular complexity index is 1150. The van der Waals surface area contributed by atoms with Crippen LogP contribution in [-0.4, -0.2) is 87.4 Å². The zero-order valence-electron chi connectivity index (χ0n) is 20.4. The zero-order valence-corrected chi connectivity index (χ0v) is 20.4. The molecular weight excluding hydrogens is 473 g/mol. The summed E-state index contributed by atoms with van der Waals surface area (Å²) in [6.07, 6.45) is -1.29. The number of hydrogen-bond acceptors (Lipinski definition) is 9. The molecule has 0 bridgehead atoms. The van der Waals surface area contributed by atoms with E-state index in [4.69, 9.17) is 5.73 Å². The van der Waals surface area contributed by atoms with Gasteiger partial charge in [-0.25, -0.2) is 4.39 Å². The maximum atomic E-state index is 13.8. The molecule has 1 aromatic carbocycles. The van der Waals surface area contributed by atoms with Gasteiger partial charge < -0.3 is 36.4 Å². The van der Waals surface area contributed by atoms with Crippen molar-refractivity contribution in [2.24, 2.45) is 23.5 Å². The second kappa shape index (κ2) is 9.22. The highest BCUT2D eigenvalue weighted by Gasteiger charge is 2.67. The SMILES string of the molecule is CC(CF)NCc1ccc(O)c2c1C[C@H]1C[C@H]3C(N(C)C)C(O)C(C(N)=O)C(=O)[C@@]3(O)C(=O)C1=C2O. The molecule has 7 N–H and O–H groups in total. The minimum absolute atomic E-state index is 0.0164. The molecule has 2 fully saturated rings. The van der Waals surface area contributed by atoms with E-state index in [1.165, 1.54) is 6.07 Å². The van der Waals surface area contributed by atoms with Crippen LogP contribution in [0.3, 0.4) is 0 Å². The molecule has 4 unspecified atom stereocenters. The minimum atomic E-state index is -2.68.